The number of amides is 1. The minimum absolute atomic E-state index is 0.100. The molecule has 4 rings (SSSR count). The highest BCUT2D eigenvalue weighted by molar-refractivity contribution is 6.34. The molecule has 0 unspecified atom stereocenters. The highest BCUT2D eigenvalue weighted by Crippen LogP contribution is 2.36. The smallest absolute Gasteiger partial charge is 0.263 e. The molecule has 0 aliphatic carbocycles. The second kappa shape index (κ2) is 10.9. The van der Waals surface area contributed by atoms with Crippen molar-refractivity contribution in [2.75, 3.05) is 13.1 Å². The third-order valence-electron chi connectivity index (χ3n) is 6.37. The first-order valence-electron chi connectivity index (χ1n) is 11.8. The van der Waals surface area contributed by atoms with E-state index in [0.717, 1.165) is 23.8 Å². The molecule has 2 heterocycles. The van der Waals surface area contributed by atoms with Gasteiger partial charge in [-0.2, -0.15) is 0 Å². The van der Waals surface area contributed by atoms with Crippen LogP contribution in [0.3, 0.4) is 0 Å². The molecule has 1 aliphatic rings. The summed E-state index contributed by atoms with van der Waals surface area (Å²) in [6.07, 6.45) is 2.19. The van der Waals surface area contributed by atoms with Gasteiger partial charge in [-0.05, 0) is 67.6 Å². The van der Waals surface area contributed by atoms with Crippen LogP contribution < -0.4 is 4.74 Å². The lowest BCUT2D eigenvalue weighted by atomic mass is 9.92. The molecule has 1 aliphatic heterocycles. The van der Waals surface area contributed by atoms with E-state index in [9.17, 15) is 14.0 Å². The summed E-state index contributed by atoms with van der Waals surface area (Å²) in [5, 5.41) is 1.30. The highest BCUT2D eigenvalue weighted by Gasteiger charge is 2.28. The first kappa shape index (κ1) is 25.4. The lowest BCUT2D eigenvalue weighted by molar-refractivity contribution is -0.140. The van der Waals surface area contributed by atoms with E-state index in [1.165, 1.54) is 12.1 Å². The number of carbonyl (C=O) groups is 2. The molecule has 0 bridgehead atoms. The van der Waals surface area contributed by atoms with Crippen LogP contribution in [0.15, 0.2) is 42.5 Å². The summed E-state index contributed by atoms with van der Waals surface area (Å²) in [4.78, 5) is 31.1. The molecular weight excluding hydrogens is 490 g/mol. The van der Waals surface area contributed by atoms with Gasteiger partial charge in [0.05, 0.1) is 10.5 Å². The summed E-state index contributed by atoms with van der Waals surface area (Å²) in [7, 11) is 0. The lowest BCUT2D eigenvalue weighted by Crippen LogP contribution is -2.46. The Morgan fingerprint density at radius 3 is 2.71 bits per heavy atom. The molecule has 35 heavy (non-hydrogen) atoms. The number of fused-ring (bicyclic) bond motifs is 1. The fraction of sp³-hybridized carbons (Fsp3) is 0.370. The van der Waals surface area contributed by atoms with Gasteiger partial charge >= 0.3 is 0 Å². The number of ether oxygens (including phenoxy) is 1. The molecule has 1 aromatic heterocycles. The van der Waals surface area contributed by atoms with Gasteiger partial charge in [0.2, 0.25) is 0 Å². The molecule has 0 radical (unpaired) electrons. The third-order valence-corrected chi connectivity index (χ3v) is 6.88. The van der Waals surface area contributed by atoms with E-state index < -0.39 is 11.9 Å². The molecule has 8 heteroatoms. The zero-order valence-corrected chi connectivity index (χ0v) is 21.2. The first-order chi connectivity index (χ1) is 16.7. The molecule has 0 saturated carbocycles. The fourth-order valence-electron chi connectivity index (χ4n) is 4.59. The van der Waals surface area contributed by atoms with Crippen LogP contribution in [0.25, 0.3) is 22.0 Å². The maximum absolute atomic E-state index is 13.5. The second-order valence-electron chi connectivity index (χ2n) is 8.94. The molecule has 1 saturated heterocycles. The first-order valence-corrected chi connectivity index (χ1v) is 12.5. The van der Waals surface area contributed by atoms with E-state index in [1.54, 1.807) is 36.1 Å². The van der Waals surface area contributed by atoms with Crippen LogP contribution in [0, 0.1) is 11.7 Å². The van der Waals surface area contributed by atoms with Crippen molar-refractivity contribution in [2.45, 2.75) is 45.6 Å². The Morgan fingerprint density at radius 1 is 1.17 bits per heavy atom. The van der Waals surface area contributed by atoms with Crippen LogP contribution in [0.1, 0.15) is 39.5 Å². The summed E-state index contributed by atoms with van der Waals surface area (Å²) < 4.78 is 19.5. The number of rotatable bonds is 7. The number of hydrogen-bond acceptors (Lipinski definition) is 4. The van der Waals surface area contributed by atoms with Gasteiger partial charge in [0.25, 0.3) is 5.91 Å². The number of pyridine rings is 1. The second-order valence-corrected chi connectivity index (χ2v) is 9.74. The highest BCUT2D eigenvalue weighted by atomic mass is 35.5. The Kier molecular flexibility index (Phi) is 7.92. The molecule has 5 nitrogen and oxygen atoms in total. The van der Waals surface area contributed by atoms with E-state index in [0.29, 0.717) is 42.8 Å². The number of aromatic nitrogens is 1. The van der Waals surface area contributed by atoms with E-state index in [4.69, 9.17) is 27.9 Å². The van der Waals surface area contributed by atoms with Crippen molar-refractivity contribution >= 4 is 45.8 Å². The van der Waals surface area contributed by atoms with Gasteiger partial charge in [0.15, 0.2) is 6.10 Å². The zero-order chi connectivity index (χ0) is 25.1. The van der Waals surface area contributed by atoms with Gasteiger partial charge in [-0.25, -0.2) is 9.37 Å². The monoisotopic (exact) mass is 516 g/mol. The number of carbonyl (C=O) groups excluding carboxylic acids is 2. The number of hydrogen-bond donors (Lipinski definition) is 0. The minimum Gasteiger partial charge on any atom is -0.481 e. The summed E-state index contributed by atoms with van der Waals surface area (Å²) in [5.41, 5.74) is 1.93. The predicted molar refractivity (Wildman–Crippen MR) is 136 cm³/mol. The van der Waals surface area contributed by atoms with Crippen molar-refractivity contribution in [3.05, 3.63) is 58.5 Å². The zero-order valence-electron chi connectivity index (χ0n) is 19.7. The van der Waals surface area contributed by atoms with E-state index in [-0.39, 0.29) is 27.8 Å². The lowest BCUT2D eigenvalue weighted by Gasteiger charge is -2.34. The molecule has 0 spiro atoms. The van der Waals surface area contributed by atoms with Crippen LogP contribution in [0.4, 0.5) is 4.39 Å². The largest absolute Gasteiger partial charge is 0.481 e. The Hall–Kier alpha value is -2.70. The average molecular weight is 517 g/mol. The van der Waals surface area contributed by atoms with E-state index >= 15 is 0 Å². The fourth-order valence-corrected chi connectivity index (χ4v) is 5.06. The van der Waals surface area contributed by atoms with Crippen molar-refractivity contribution in [3.63, 3.8) is 0 Å². The molecule has 3 aromatic rings. The molecule has 1 fully saturated rings. The molecule has 1 amide bonds. The van der Waals surface area contributed by atoms with Crippen molar-refractivity contribution in [3.8, 4) is 16.9 Å². The average Bonchev–Trinajstić information content (AvgIpc) is 2.83. The van der Waals surface area contributed by atoms with E-state index in [2.05, 4.69) is 4.98 Å². The van der Waals surface area contributed by atoms with Gasteiger partial charge < -0.3 is 9.64 Å². The van der Waals surface area contributed by atoms with Crippen LogP contribution >= 0.6 is 23.2 Å². The predicted octanol–water partition coefficient (Wildman–Crippen LogP) is 6.72. The topological polar surface area (TPSA) is 59.5 Å². The Morgan fingerprint density at radius 2 is 1.97 bits per heavy atom. The SMILES string of the molecule is CCC(=O)C[C@H]1CCCN(C(=O)[C@@H](C)Oc2ccc3c(-c4ccc(F)cc4Cl)cc(Cl)nc3c2)C1. The summed E-state index contributed by atoms with van der Waals surface area (Å²) in [6, 6.07) is 11.2. The normalized spacial score (nSPS) is 16.8. The summed E-state index contributed by atoms with van der Waals surface area (Å²) in [5.74, 6) is 0.401. The van der Waals surface area contributed by atoms with Gasteiger partial charge in [0, 0.05) is 42.9 Å². The van der Waals surface area contributed by atoms with Gasteiger partial charge in [-0.3, -0.25) is 9.59 Å². The number of likely N-dealkylation sites (tertiary alicyclic amines) is 1. The number of ketones is 1. The molecular formula is C27H27Cl2FN2O3. The maximum Gasteiger partial charge on any atom is 0.263 e. The van der Waals surface area contributed by atoms with Gasteiger partial charge in [0.1, 0.15) is 22.5 Å². The Labute approximate surface area is 214 Å². The number of nitrogens with zero attached hydrogens (tertiary/aromatic N) is 2. The standard InChI is InChI=1S/C27H27Cl2FN2O3/c1-3-19(33)11-17-5-4-10-32(15-17)27(34)16(2)35-20-7-9-22-23(14-26(29)31-25(22)13-20)21-8-6-18(30)12-24(21)28/h6-9,12-14,16-17H,3-5,10-11,15H2,1-2H3/t16-,17-/m1/s1. The van der Waals surface area contributed by atoms with Crippen LogP contribution in [-0.4, -0.2) is 40.8 Å². The maximum atomic E-state index is 13.5. The quantitative estimate of drug-likeness (QED) is 0.327. The number of halogens is 3. The number of benzene rings is 2. The van der Waals surface area contributed by atoms with Crippen LogP contribution in [-0.2, 0) is 9.59 Å². The van der Waals surface area contributed by atoms with Gasteiger partial charge in [-0.1, -0.05) is 30.1 Å². The molecule has 184 valence electrons. The van der Waals surface area contributed by atoms with Crippen molar-refractivity contribution in [2.24, 2.45) is 5.92 Å². The van der Waals surface area contributed by atoms with Crippen LogP contribution in [0.5, 0.6) is 5.75 Å². The third kappa shape index (κ3) is 5.93. The minimum atomic E-state index is -0.696. The van der Waals surface area contributed by atoms with Crippen molar-refractivity contribution < 1.29 is 18.7 Å². The van der Waals surface area contributed by atoms with Gasteiger partial charge in [-0.15, -0.1) is 0 Å². The Bertz CT molecular complexity index is 1270. The number of Topliss-reactive ketones (excluding diaryl/α,β-unsaturated/α-hetero) is 1. The molecule has 0 N–H and O–H groups in total. The van der Waals surface area contributed by atoms with Crippen molar-refractivity contribution in [1.82, 2.24) is 9.88 Å². The number of piperidine rings is 1. The molecule has 2 atom stereocenters. The summed E-state index contributed by atoms with van der Waals surface area (Å²) >= 11 is 12.6. The Balaban J connectivity index is 1.52. The summed E-state index contributed by atoms with van der Waals surface area (Å²) in [6.45, 7) is 4.84. The van der Waals surface area contributed by atoms with E-state index in [1.807, 2.05) is 13.0 Å². The van der Waals surface area contributed by atoms with Crippen molar-refractivity contribution in [1.29, 1.82) is 0 Å². The molecule has 2 aromatic carbocycles. The van der Waals surface area contributed by atoms with Crippen LogP contribution in [0.2, 0.25) is 10.2 Å².